The monoisotopic (exact) mass is 286 g/mol. The van der Waals surface area contributed by atoms with E-state index in [2.05, 4.69) is 26.2 Å². The Morgan fingerprint density at radius 2 is 2.47 bits per heavy atom. The lowest BCUT2D eigenvalue weighted by Gasteiger charge is -1.99. The molecule has 15 heavy (non-hydrogen) atoms. The van der Waals surface area contributed by atoms with Crippen LogP contribution in [0.15, 0.2) is 32.1 Å². The minimum atomic E-state index is -0.242. The molecular weight excluding hydrogens is 280 g/mol. The first-order valence-electron chi connectivity index (χ1n) is 4.16. The van der Waals surface area contributed by atoms with Gasteiger partial charge < -0.3 is 9.73 Å². The van der Waals surface area contributed by atoms with Crippen molar-refractivity contribution in [3.8, 4) is 0 Å². The van der Waals surface area contributed by atoms with Gasteiger partial charge in [-0.25, -0.2) is 4.98 Å². The van der Waals surface area contributed by atoms with Crippen molar-refractivity contribution < 1.29 is 9.21 Å². The predicted molar refractivity (Wildman–Crippen MR) is 59.7 cm³/mol. The van der Waals surface area contributed by atoms with Gasteiger partial charge in [0.05, 0.1) is 17.7 Å². The molecule has 1 amide bonds. The van der Waals surface area contributed by atoms with Crippen molar-refractivity contribution in [1.29, 1.82) is 0 Å². The van der Waals surface area contributed by atoms with Gasteiger partial charge in [0.1, 0.15) is 0 Å². The van der Waals surface area contributed by atoms with Crippen LogP contribution in [0.5, 0.6) is 0 Å². The largest absolute Gasteiger partial charge is 0.444 e. The number of aromatic nitrogens is 1. The molecule has 78 valence electrons. The zero-order valence-electron chi connectivity index (χ0n) is 7.57. The van der Waals surface area contributed by atoms with E-state index in [-0.39, 0.29) is 11.7 Å². The Balaban J connectivity index is 1.93. The Kier molecular flexibility index (Phi) is 3.17. The summed E-state index contributed by atoms with van der Waals surface area (Å²) in [5.74, 6) is 0.0470. The highest BCUT2D eigenvalue weighted by Gasteiger charge is 2.09. The molecule has 0 atom stereocenters. The lowest BCUT2D eigenvalue weighted by Crippen LogP contribution is -2.22. The van der Waals surface area contributed by atoms with Gasteiger partial charge in [0.2, 0.25) is 0 Å². The Hall–Kier alpha value is -1.14. The maximum atomic E-state index is 11.5. The first kappa shape index (κ1) is 10.4. The zero-order valence-corrected chi connectivity index (χ0v) is 9.97. The van der Waals surface area contributed by atoms with Crippen LogP contribution in [0.4, 0.5) is 0 Å². The Labute approximate surface area is 98.5 Å². The van der Waals surface area contributed by atoms with E-state index in [0.717, 1.165) is 5.69 Å². The third kappa shape index (κ3) is 2.66. The maximum absolute atomic E-state index is 11.5. The van der Waals surface area contributed by atoms with Crippen LogP contribution in [-0.2, 0) is 6.54 Å². The number of amides is 1. The van der Waals surface area contributed by atoms with E-state index < -0.39 is 0 Å². The molecule has 0 aliphatic heterocycles. The zero-order chi connectivity index (χ0) is 10.7. The molecule has 0 saturated heterocycles. The van der Waals surface area contributed by atoms with E-state index in [1.807, 2.05) is 5.38 Å². The molecule has 0 fully saturated rings. The summed E-state index contributed by atoms with van der Waals surface area (Å²) in [4.78, 5) is 15.6. The van der Waals surface area contributed by atoms with Crippen LogP contribution < -0.4 is 5.32 Å². The number of furan rings is 1. The van der Waals surface area contributed by atoms with Gasteiger partial charge in [0, 0.05) is 5.38 Å². The molecule has 0 aliphatic carbocycles. The van der Waals surface area contributed by atoms with Crippen molar-refractivity contribution >= 4 is 33.2 Å². The standard InChI is InChI=1S/C9H7BrN2O2S/c10-8-2-1-7(14-8)9(13)11-3-6-4-15-5-12-6/h1-2,4-5H,3H2,(H,11,13). The molecular formula is C9H7BrN2O2S. The summed E-state index contributed by atoms with van der Waals surface area (Å²) in [6.45, 7) is 0.417. The van der Waals surface area contributed by atoms with E-state index in [4.69, 9.17) is 4.42 Å². The lowest BCUT2D eigenvalue weighted by molar-refractivity contribution is 0.0921. The number of carbonyl (C=O) groups is 1. The fraction of sp³-hybridized carbons (Fsp3) is 0.111. The number of thiazole rings is 1. The van der Waals surface area contributed by atoms with E-state index in [1.165, 1.54) is 11.3 Å². The normalized spacial score (nSPS) is 10.2. The van der Waals surface area contributed by atoms with Crippen LogP contribution >= 0.6 is 27.3 Å². The molecule has 0 unspecified atom stereocenters. The second-order valence-electron chi connectivity index (χ2n) is 2.77. The molecule has 2 rings (SSSR count). The number of halogens is 1. The highest BCUT2D eigenvalue weighted by Crippen LogP contribution is 2.13. The third-order valence-corrected chi connectivity index (χ3v) is 2.77. The topological polar surface area (TPSA) is 55.1 Å². The molecule has 0 aliphatic rings. The average Bonchev–Trinajstić information content (AvgIpc) is 2.84. The highest BCUT2D eigenvalue weighted by atomic mass is 79.9. The summed E-state index contributed by atoms with van der Waals surface area (Å²) in [7, 11) is 0. The molecule has 0 bridgehead atoms. The highest BCUT2D eigenvalue weighted by molar-refractivity contribution is 9.10. The quantitative estimate of drug-likeness (QED) is 0.943. The van der Waals surface area contributed by atoms with Crippen molar-refractivity contribution in [2.75, 3.05) is 0 Å². The van der Waals surface area contributed by atoms with Crippen LogP contribution in [0.25, 0.3) is 0 Å². The summed E-state index contributed by atoms with van der Waals surface area (Å²) in [5.41, 5.74) is 2.57. The summed E-state index contributed by atoms with van der Waals surface area (Å²) >= 11 is 4.63. The predicted octanol–water partition coefficient (Wildman–Crippen LogP) is 2.43. The number of hydrogen-bond donors (Lipinski definition) is 1. The van der Waals surface area contributed by atoms with E-state index in [1.54, 1.807) is 17.6 Å². The van der Waals surface area contributed by atoms with Crippen molar-refractivity contribution in [2.45, 2.75) is 6.54 Å². The summed E-state index contributed by atoms with van der Waals surface area (Å²) in [6.07, 6.45) is 0. The second kappa shape index (κ2) is 4.59. The fourth-order valence-electron chi connectivity index (χ4n) is 1.02. The van der Waals surface area contributed by atoms with Crippen molar-refractivity contribution in [1.82, 2.24) is 10.3 Å². The summed E-state index contributed by atoms with van der Waals surface area (Å²) < 4.78 is 5.64. The summed E-state index contributed by atoms with van der Waals surface area (Å²) in [6, 6.07) is 3.29. The molecule has 1 N–H and O–H groups in total. The number of rotatable bonds is 3. The minimum Gasteiger partial charge on any atom is -0.444 e. The number of carbonyl (C=O) groups excluding carboxylic acids is 1. The van der Waals surface area contributed by atoms with Gasteiger partial charge >= 0.3 is 0 Å². The van der Waals surface area contributed by atoms with Gasteiger partial charge in [0.15, 0.2) is 10.4 Å². The van der Waals surface area contributed by atoms with Gasteiger partial charge in [-0.15, -0.1) is 11.3 Å². The number of nitrogens with one attached hydrogen (secondary N) is 1. The molecule has 4 nitrogen and oxygen atoms in total. The van der Waals surface area contributed by atoms with Crippen LogP contribution in [0.1, 0.15) is 16.2 Å². The summed E-state index contributed by atoms with van der Waals surface area (Å²) in [5, 5.41) is 4.59. The van der Waals surface area contributed by atoms with Crippen molar-refractivity contribution in [3.63, 3.8) is 0 Å². The van der Waals surface area contributed by atoms with Gasteiger partial charge in [-0.2, -0.15) is 0 Å². The first-order chi connectivity index (χ1) is 7.25. The minimum absolute atomic E-state index is 0.242. The number of hydrogen-bond acceptors (Lipinski definition) is 4. The van der Waals surface area contributed by atoms with E-state index >= 15 is 0 Å². The molecule has 0 saturated carbocycles. The Morgan fingerprint density at radius 1 is 1.60 bits per heavy atom. The molecule has 2 heterocycles. The Morgan fingerprint density at radius 3 is 3.07 bits per heavy atom. The molecule has 6 heteroatoms. The van der Waals surface area contributed by atoms with Crippen LogP contribution in [0, 0.1) is 0 Å². The maximum Gasteiger partial charge on any atom is 0.287 e. The first-order valence-corrected chi connectivity index (χ1v) is 5.90. The molecule has 2 aromatic rings. The van der Waals surface area contributed by atoms with Crippen LogP contribution in [0.3, 0.4) is 0 Å². The van der Waals surface area contributed by atoms with Crippen LogP contribution in [-0.4, -0.2) is 10.9 Å². The third-order valence-electron chi connectivity index (χ3n) is 1.71. The molecule has 0 spiro atoms. The lowest BCUT2D eigenvalue weighted by atomic mass is 10.4. The molecule has 2 aromatic heterocycles. The second-order valence-corrected chi connectivity index (χ2v) is 4.27. The smallest absolute Gasteiger partial charge is 0.287 e. The number of nitrogens with zero attached hydrogens (tertiary/aromatic N) is 1. The molecule has 0 aromatic carbocycles. The fourth-order valence-corrected chi connectivity index (χ4v) is 1.88. The Bertz CT molecular complexity index is 452. The van der Waals surface area contributed by atoms with Gasteiger partial charge in [-0.05, 0) is 28.1 Å². The van der Waals surface area contributed by atoms with Gasteiger partial charge in [0.25, 0.3) is 5.91 Å². The van der Waals surface area contributed by atoms with Gasteiger partial charge in [-0.3, -0.25) is 4.79 Å². The van der Waals surface area contributed by atoms with Gasteiger partial charge in [-0.1, -0.05) is 0 Å². The van der Waals surface area contributed by atoms with Crippen molar-refractivity contribution in [3.05, 3.63) is 39.1 Å². The van der Waals surface area contributed by atoms with E-state index in [0.29, 0.717) is 11.2 Å². The molecule has 0 radical (unpaired) electrons. The average molecular weight is 287 g/mol. The van der Waals surface area contributed by atoms with E-state index in [9.17, 15) is 4.79 Å². The van der Waals surface area contributed by atoms with Crippen molar-refractivity contribution in [2.24, 2.45) is 0 Å². The van der Waals surface area contributed by atoms with Crippen LogP contribution in [0.2, 0.25) is 0 Å². The SMILES string of the molecule is O=C(NCc1cscn1)c1ccc(Br)o1.